The number of nitrogens with two attached hydrogens (primary N) is 1. The van der Waals surface area contributed by atoms with Crippen LogP contribution in [0.2, 0.25) is 0 Å². The molecule has 4 heteroatoms. The topological polar surface area (TPSA) is 66.5 Å². The molecular formula is C10H15NO2S. The van der Waals surface area contributed by atoms with Crippen LogP contribution in [0.3, 0.4) is 0 Å². The van der Waals surface area contributed by atoms with Gasteiger partial charge in [0.15, 0.2) is 0 Å². The molecule has 2 atom stereocenters. The number of hydrogen-bond donors (Lipinski definition) is 3. The largest absolute Gasteiger partial charge is 0.394 e. The SMILES string of the molecule is N[C@@H](CSc1ccccc1)[C@H](O)CO. The molecule has 1 aromatic rings. The maximum atomic E-state index is 9.22. The molecule has 0 bridgehead atoms. The molecule has 0 spiro atoms. The lowest BCUT2D eigenvalue weighted by molar-refractivity contribution is 0.0800. The quantitative estimate of drug-likeness (QED) is 0.622. The molecule has 0 aromatic heterocycles. The highest BCUT2D eigenvalue weighted by molar-refractivity contribution is 7.99. The van der Waals surface area contributed by atoms with E-state index in [-0.39, 0.29) is 12.6 Å². The fourth-order valence-electron chi connectivity index (χ4n) is 0.956. The lowest BCUT2D eigenvalue weighted by Crippen LogP contribution is -2.39. The van der Waals surface area contributed by atoms with Crippen LogP contribution in [0.25, 0.3) is 0 Å². The minimum Gasteiger partial charge on any atom is -0.394 e. The van der Waals surface area contributed by atoms with Gasteiger partial charge in [-0.05, 0) is 12.1 Å². The van der Waals surface area contributed by atoms with Crippen LogP contribution in [0.15, 0.2) is 35.2 Å². The molecule has 0 unspecified atom stereocenters. The number of rotatable bonds is 5. The predicted octanol–water partition coefficient (Wildman–Crippen LogP) is 0.459. The monoisotopic (exact) mass is 213 g/mol. The molecule has 0 saturated carbocycles. The fraction of sp³-hybridized carbons (Fsp3) is 0.400. The molecule has 0 aliphatic carbocycles. The summed E-state index contributed by atoms with van der Waals surface area (Å²) in [5, 5.41) is 17.9. The lowest BCUT2D eigenvalue weighted by atomic mass is 10.2. The van der Waals surface area contributed by atoms with Gasteiger partial charge in [-0.1, -0.05) is 18.2 Å². The third-order valence-corrected chi connectivity index (χ3v) is 3.02. The second-order valence-electron chi connectivity index (χ2n) is 3.04. The summed E-state index contributed by atoms with van der Waals surface area (Å²) in [6, 6.07) is 9.45. The molecular weight excluding hydrogens is 198 g/mol. The fourth-order valence-corrected chi connectivity index (χ4v) is 1.91. The van der Waals surface area contributed by atoms with E-state index in [1.165, 1.54) is 0 Å². The maximum Gasteiger partial charge on any atom is 0.0929 e. The summed E-state index contributed by atoms with van der Waals surface area (Å²) in [6.45, 7) is -0.281. The van der Waals surface area contributed by atoms with Crippen LogP contribution >= 0.6 is 11.8 Å². The van der Waals surface area contributed by atoms with Crippen LogP contribution in [0.1, 0.15) is 0 Å². The van der Waals surface area contributed by atoms with Crippen molar-refractivity contribution in [1.29, 1.82) is 0 Å². The van der Waals surface area contributed by atoms with Gasteiger partial charge < -0.3 is 15.9 Å². The zero-order chi connectivity index (χ0) is 10.4. The van der Waals surface area contributed by atoms with Gasteiger partial charge in [-0.2, -0.15) is 0 Å². The van der Waals surface area contributed by atoms with Gasteiger partial charge in [0, 0.05) is 16.7 Å². The maximum absolute atomic E-state index is 9.22. The van der Waals surface area contributed by atoms with Crippen LogP contribution in [0.5, 0.6) is 0 Å². The van der Waals surface area contributed by atoms with Crippen molar-refractivity contribution in [3.05, 3.63) is 30.3 Å². The van der Waals surface area contributed by atoms with Crippen molar-refractivity contribution in [2.45, 2.75) is 17.0 Å². The summed E-state index contributed by atoms with van der Waals surface area (Å²) in [7, 11) is 0. The third kappa shape index (κ3) is 3.67. The average molecular weight is 213 g/mol. The van der Waals surface area contributed by atoms with E-state index in [4.69, 9.17) is 10.8 Å². The van der Waals surface area contributed by atoms with E-state index >= 15 is 0 Å². The summed E-state index contributed by atoms with van der Waals surface area (Å²) in [5.41, 5.74) is 5.64. The Morgan fingerprint density at radius 2 is 1.93 bits per heavy atom. The first kappa shape index (κ1) is 11.5. The molecule has 1 aromatic carbocycles. The standard InChI is InChI=1S/C10H15NO2S/c11-9(10(13)6-12)7-14-8-4-2-1-3-5-8/h1-5,9-10,12-13H,6-7,11H2/t9-,10+/m0/s1. The van der Waals surface area contributed by atoms with Crippen molar-refractivity contribution in [2.24, 2.45) is 5.73 Å². The van der Waals surface area contributed by atoms with Gasteiger partial charge >= 0.3 is 0 Å². The van der Waals surface area contributed by atoms with Gasteiger partial charge in [0.25, 0.3) is 0 Å². The molecule has 0 radical (unpaired) electrons. The van der Waals surface area contributed by atoms with Gasteiger partial charge in [-0.3, -0.25) is 0 Å². The van der Waals surface area contributed by atoms with Gasteiger partial charge in [0.2, 0.25) is 0 Å². The van der Waals surface area contributed by atoms with E-state index in [9.17, 15) is 5.11 Å². The number of benzene rings is 1. The lowest BCUT2D eigenvalue weighted by Gasteiger charge is -2.15. The Bertz CT molecular complexity index is 256. The minimum atomic E-state index is -0.828. The van der Waals surface area contributed by atoms with Crippen LogP contribution in [-0.2, 0) is 0 Å². The molecule has 0 amide bonds. The Balaban J connectivity index is 2.34. The van der Waals surface area contributed by atoms with Gasteiger partial charge in [-0.15, -0.1) is 11.8 Å². The third-order valence-electron chi connectivity index (χ3n) is 1.87. The highest BCUT2D eigenvalue weighted by Gasteiger charge is 2.13. The molecule has 0 fully saturated rings. The van der Waals surface area contributed by atoms with Gasteiger partial charge in [0.05, 0.1) is 12.7 Å². The summed E-state index contributed by atoms with van der Waals surface area (Å²) in [6.07, 6.45) is -0.828. The highest BCUT2D eigenvalue weighted by atomic mass is 32.2. The Morgan fingerprint density at radius 1 is 1.29 bits per heavy atom. The molecule has 4 N–H and O–H groups in total. The second-order valence-corrected chi connectivity index (χ2v) is 4.13. The van der Waals surface area contributed by atoms with Crippen LogP contribution in [-0.4, -0.2) is 34.7 Å². The Hall–Kier alpha value is -0.550. The van der Waals surface area contributed by atoms with Crippen LogP contribution in [0.4, 0.5) is 0 Å². The zero-order valence-electron chi connectivity index (χ0n) is 7.84. The van der Waals surface area contributed by atoms with Crippen molar-refractivity contribution >= 4 is 11.8 Å². The average Bonchev–Trinajstić information content (AvgIpc) is 2.26. The van der Waals surface area contributed by atoms with Crippen molar-refractivity contribution in [3.63, 3.8) is 0 Å². The second kappa shape index (κ2) is 6.03. The van der Waals surface area contributed by atoms with Crippen LogP contribution in [0, 0.1) is 0 Å². The van der Waals surface area contributed by atoms with Gasteiger partial charge in [-0.25, -0.2) is 0 Å². The Morgan fingerprint density at radius 3 is 2.50 bits per heavy atom. The van der Waals surface area contributed by atoms with Crippen molar-refractivity contribution in [2.75, 3.05) is 12.4 Å². The normalized spacial score (nSPS) is 15.1. The van der Waals surface area contributed by atoms with Crippen molar-refractivity contribution in [3.8, 4) is 0 Å². The number of aliphatic hydroxyl groups is 2. The first-order valence-electron chi connectivity index (χ1n) is 4.46. The smallest absolute Gasteiger partial charge is 0.0929 e. The van der Waals surface area contributed by atoms with E-state index in [0.717, 1.165) is 4.90 Å². The molecule has 14 heavy (non-hydrogen) atoms. The van der Waals surface area contributed by atoms with E-state index in [1.54, 1.807) is 11.8 Å². The molecule has 78 valence electrons. The molecule has 0 aliphatic rings. The Labute approximate surface area is 87.9 Å². The van der Waals surface area contributed by atoms with E-state index < -0.39 is 6.10 Å². The Kier molecular flexibility index (Phi) is 4.97. The summed E-state index contributed by atoms with van der Waals surface area (Å²) in [4.78, 5) is 1.12. The van der Waals surface area contributed by atoms with E-state index in [2.05, 4.69) is 0 Å². The molecule has 0 saturated heterocycles. The van der Waals surface area contributed by atoms with E-state index in [0.29, 0.717) is 5.75 Å². The van der Waals surface area contributed by atoms with Crippen molar-refractivity contribution < 1.29 is 10.2 Å². The van der Waals surface area contributed by atoms with Crippen molar-refractivity contribution in [1.82, 2.24) is 0 Å². The first-order chi connectivity index (χ1) is 6.74. The molecule has 3 nitrogen and oxygen atoms in total. The van der Waals surface area contributed by atoms with E-state index in [1.807, 2.05) is 30.3 Å². The summed E-state index contributed by atoms with van der Waals surface area (Å²) in [5.74, 6) is 0.603. The van der Waals surface area contributed by atoms with Crippen LogP contribution < -0.4 is 5.73 Å². The summed E-state index contributed by atoms with van der Waals surface area (Å²) < 4.78 is 0. The molecule has 0 heterocycles. The highest BCUT2D eigenvalue weighted by Crippen LogP contribution is 2.17. The van der Waals surface area contributed by atoms with Gasteiger partial charge in [0.1, 0.15) is 0 Å². The predicted molar refractivity (Wildman–Crippen MR) is 58.2 cm³/mol. The molecule has 1 rings (SSSR count). The summed E-state index contributed by atoms with van der Waals surface area (Å²) >= 11 is 1.58. The first-order valence-corrected chi connectivity index (χ1v) is 5.45. The number of thioether (sulfide) groups is 1. The zero-order valence-corrected chi connectivity index (χ0v) is 8.65. The number of aliphatic hydroxyl groups excluding tert-OH is 2. The minimum absolute atomic E-state index is 0.281. The molecule has 0 aliphatic heterocycles. The number of hydrogen-bond acceptors (Lipinski definition) is 4.